The Kier molecular flexibility index (Phi) is 41.8. The molecule has 0 aromatic heterocycles. The molecule has 0 aliphatic carbocycles. The van der Waals surface area contributed by atoms with E-state index in [1.165, 1.54) is 161 Å². The van der Waals surface area contributed by atoms with Crippen molar-refractivity contribution in [2.24, 2.45) is 17.8 Å². The second-order valence-corrected chi connectivity index (χ2v) is 19.4. The van der Waals surface area contributed by atoms with Crippen LogP contribution in [0.1, 0.15) is 259 Å². The zero-order valence-electron chi connectivity index (χ0n) is 41.5. The molecule has 7 heteroatoms. The number of hydrogen-bond donors (Lipinski definition) is 1. The van der Waals surface area contributed by atoms with Crippen LogP contribution in [0.15, 0.2) is 0 Å². The van der Waals surface area contributed by atoms with Gasteiger partial charge in [-0.1, -0.05) is 182 Å². The summed E-state index contributed by atoms with van der Waals surface area (Å²) in [5, 5.41) is 9.27. The molecule has 0 aromatic rings. The number of carbonyl (C=O) groups excluding carboxylic acids is 2. The first kappa shape index (κ1) is 57.8. The molecule has 1 heterocycles. The largest absolute Gasteiger partial charge is 0.465 e. The number of aliphatic hydroxyl groups excluding tert-OH is 1. The van der Waals surface area contributed by atoms with Gasteiger partial charge in [0.15, 0.2) is 0 Å². The number of hydrogen-bond acceptors (Lipinski definition) is 7. The van der Waals surface area contributed by atoms with Crippen molar-refractivity contribution in [3.05, 3.63) is 0 Å². The zero-order chi connectivity index (χ0) is 44.3. The Bertz CT molecular complexity index is 882. The van der Waals surface area contributed by atoms with Gasteiger partial charge in [0.05, 0.1) is 25.0 Å². The summed E-state index contributed by atoms with van der Waals surface area (Å²) >= 11 is 0. The monoisotopic (exact) mass is 863 g/mol. The summed E-state index contributed by atoms with van der Waals surface area (Å²) < 4.78 is 11.8. The number of nitrogens with zero attached hydrogens (tertiary/aromatic N) is 2. The minimum Gasteiger partial charge on any atom is -0.465 e. The fraction of sp³-hybridized carbons (Fsp3) is 0.963. The van der Waals surface area contributed by atoms with E-state index in [2.05, 4.69) is 37.5 Å². The van der Waals surface area contributed by atoms with Gasteiger partial charge in [-0.15, -0.1) is 0 Å². The SMILES string of the molecule is CCCCCCCCC(CCCCCC)C(=O)OCCCCCCN(CCCCCCOC(=O)C(CCCCCC)CCCCCCCC)CCN1CCC(CCCO)CC1. The lowest BCUT2D eigenvalue weighted by Gasteiger charge is -2.33. The summed E-state index contributed by atoms with van der Waals surface area (Å²) in [5.41, 5.74) is 0. The average molecular weight is 863 g/mol. The number of esters is 2. The van der Waals surface area contributed by atoms with E-state index in [-0.39, 0.29) is 23.8 Å². The molecule has 2 unspecified atom stereocenters. The Morgan fingerprint density at radius 2 is 0.852 bits per heavy atom. The second kappa shape index (κ2) is 44.0. The van der Waals surface area contributed by atoms with Gasteiger partial charge in [0.1, 0.15) is 0 Å². The maximum absolute atomic E-state index is 13.1. The van der Waals surface area contributed by atoms with E-state index >= 15 is 0 Å². The van der Waals surface area contributed by atoms with Crippen LogP contribution in [0.25, 0.3) is 0 Å². The number of piperidine rings is 1. The summed E-state index contributed by atoms with van der Waals surface area (Å²) in [5.74, 6) is 1.10. The first-order valence-corrected chi connectivity index (χ1v) is 27.4. The number of unbranched alkanes of at least 4 members (excludes halogenated alkanes) is 22. The quantitative estimate of drug-likeness (QED) is 0.0482. The minimum absolute atomic E-state index is 0.0670. The lowest BCUT2D eigenvalue weighted by molar-refractivity contribution is -0.150. The van der Waals surface area contributed by atoms with E-state index in [9.17, 15) is 14.7 Å². The molecule has 0 aromatic carbocycles. The third kappa shape index (κ3) is 34.8. The van der Waals surface area contributed by atoms with Crippen LogP contribution < -0.4 is 0 Å². The van der Waals surface area contributed by atoms with Crippen molar-refractivity contribution in [3.8, 4) is 0 Å². The van der Waals surface area contributed by atoms with Gasteiger partial charge in [-0.25, -0.2) is 0 Å². The third-order valence-corrected chi connectivity index (χ3v) is 13.7. The van der Waals surface area contributed by atoms with Crippen molar-refractivity contribution in [2.75, 3.05) is 59.1 Å². The number of aliphatic hydroxyl groups is 1. The van der Waals surface area contributed by atoms with Crippen LogP contribution in [0.4, 0.5) is 0 Å². The molecule has 1 aliphatic rings. The van der Waals surface area contributed by atoms with Crippen molar-refractivity contribution >= 4 is 11.9 Å². The maximum Gasteiger partial charge on any atom is 0.308 e. The number of carbonyl (C=O) groups is 2. The summed E-state index contributed by atoms with van der Waals surface area (Å²) in [6.45, 7) is 17.4. The number of rotatable bonds is 46. The molecule has 0 spiro atoms. The van der Waals surface area contributed by atoms with E-state index < -0.39 is 0 Å². The molecule has 0 radical (unpaired) electrons. The van der Waals surface area contributed by atoms with Crippen LogP contribution >= 0.6 is 0 Å². The molecule has 1 aliphatic heterocycles. The Morgan fingerprint density at radius 3 is 1.26 bits per heavy atom. The topological polar surface area (TPSA) is 79.3 Å². The van der Waals surface area contributed by atoms with Crippen molar-refractivity contribution in [1.82, 2.24) is 9.80 Å². The molecule has 0 amide bonds. The third-order valence-electron chi connectivity index (χ3n) is 13.7. The smallest absolute Gasteiger partial charge is 0.308 e. The molecular formula is C54H106N2O5. The van der Waals surface area contributed by atoms with Gasteiger partial charge in [0.2, 0.25) is 0 Å². The summed E-state index contributed by atoms with van der Waals surface area (Å²) in [6, 6.07) is 0. The highest BCUT2D eigenvalue weighted by Gasteiger charge is 2.22. The second-order valence-electron chi connectivity index (χ2n) is 19.4. The minimum atomic E-state index is 0.0670. The molecule has 7 nitrogen and oxygen atoms in total. The van der Waals surface area contributed by atoms with E-state index in [1.54, 1.807) is 0 Å². The standard InChI is InChI=1S/C54H106N2O5/c1-5-9-13-17-19-27-37-51(35-25-15-11-7-3)53(58)60-48-31-23-21-29-41-55(45-46-56-43-39-50(40-44-56)34-33-47-57)42-30-22-24-32-49-61-54(59)52(36-26-16-12-8-4)38-28-20-18-14-10-6-2/h50-52,57H,5-49H2,1-4H3. The predicted octanol–water partition coefficient (Wildman–Crippen LogP) is 14.7. The Morgan fingerprint density at radius 1 is 0.492 bits per heavy atom. The van der Waals surface area contributed by atoms with Gasteiger partial charge in [-0.3, -0.25) is 9.59 Å². The highest BCUT2D eigenvalue weighted by Crippen LogP contribution is 2.24. The summed E-state index contributed by atoms with van der Waals surface area (Å²) in [7, 11) is 0. The van der Waals surface area contributed by atoms with Crippen LogP contribution in [0.3, 0.4) is 0 Å². The molecule has 1 fully saturated rings. The molecule has 0 bridgehead atoms. The predicted molar refractivity (Wildman–Crippen MR) is 261 cm³/mol. The molecule has 1 N–H and O–H groups in total. The fourth-order valence-electron chi connectivity index (χ4n) is 9.40. The molecule has 1 saturated heterocycles. The summed E-state index contributed by atoms with van der Waals surface area (Å²) in [4.78, 5) is 31.6. The fourth-order valence-corrected chi connectivity index (χ4v) is 9.40. The maximum atomic E-state index is 13.1. The van der Waals surface area contributed by atoms with E-state index in [0.717, 1.165) is 116 Å². The van der Waals surface area contributed by atoms with Gasteiger partial charge >= 0.3 is 11.9 Å². The van der Waals surface area contributed by atoms with Crippen LogP contribution in [0.2, 0.25) is 0 Å². The molecular weight excluding hydrogens is 757 g/mol. The molecule has 0 saturated carbocycles. The first-order valence-electron chi connectivity index (χ1n) is 27.4. The van der Waals surface area contributed by atoms with Gasteiger partial charge < -0.3 is 24.4 Å². The molecule has 1 rings (SSSR count). The Balaban J connectivity index is 2.48. The number of likely N-dealkylation sites (tertiary alicyclic amines) is 1. The van der Waals surface area contributed by atoms with E-state index in [0.29, 0.717) is 19.8 Å². The lowest BCUT2D eigenvalue weighted by atomic mass is 9.92. The normalized spacial score (nSPS) is 14.8. The van der Waals surface area contributed by atoms with Crippen molar-refractivity contribution < 1.29 is 24.2 Å². The van der Waals surface area contributed by atoms with Crippen molar-refractivity contribution in [2.45, 2.75) is 259 Å². The van der Waals surface area contributed by atoms with Gasteiger partial charge in [-0.05, 0) is 109 Å². The van der Waals surface area contributed by atoms with Crippen LogP contribution in [0.5, 0.6) is 0 Å². The van der Waals surface area contributed by atoms with Crippen molar-refractivity contribution in [3.63, 3.8) is 0 Å². The van der Waals surface area contributed by atoms with Crippen LogP contribution in [-0.4, -0.2) is 85.9 Å². The molecule has 2 atom stereocenters. The highest BCUT2D eigenvalue weighted by molar-refractivity contribution is 5.72. The number of ether oxygens (including phenoxy) is 2. The van der Waals surface area contributed by atoms with Crippen molar-refractivity contribution in [1.29, 1.82) is 0 Å². The van der Waals surface area contributed by atoms with Crippen LogP contribution in [-0.2, 0) is 19.1 Å². The lowest BCUT2D eigenvalue weighted by Crippen LogP contribution is -2.40. The Labute approximate surface area is 380 Å². The van der Waals surface area contributed by atoms with Crippen LogP contribution in [0, 0.1) is 17.8 Å². The molecule has 362 valence electrons. The van der Waals surface area contributed by atoms with Gasteiger partial charge in [0, 0.05) is 19.7 Å². The van der Waals surface area contributed by atoms with Gasteiger partial charge in [0.25, 0.3) is 0 Å². The Hall–Kier alpha value is -1.18. The highest BCUT2D eigenvalue weighted by atomic mass is 16.5. The van der Waals surface area contributed by atoms with E-state index in [4.69, 9.17) is 9.47 Å². The van der Waals surface area contributed by atoms with E-state index in [1.807, 2.05) is 0 Å². The van der Waals surface area contributed by atoms with Gasteiger partial charge in [-0.2, -0.15) is 0 Å². The first-order chi connectivity index (χ1) is 30.0. The summed E-state index contributed by atoms with van der Waals surface area (Å²) in [6.07, 6.45) is 42.6. The average Bonchev–Trinajstić information content (AvgIpc) is 3.27. The molecule has 61 heavy (non-hydrogen) atoms. The zero-order valence-corrected chi connectivity index (χ0v) is 41.5.